The second kappa shape index (κ2) is 4.36. The fourth-order valence-electron chi connectivity index (χ4n) is 1.52. The van der Waals surface area contributed by atoms with Crippen molar-refractivity contribution < 1.29 is 13.2 Å². The van der Waals surface area contributed by atoms with Gasteiger partial charge in [-0.15, -0.1) is 0 Å². The fraction of sp³-hybridized carbons (Fsp3) is 1.00. The van der Waals surface area contributed by atoms with E-state index in [0.29, 0.717) is 13.2 Å². The molecule has 3 N–H and O–H groups in total. The van der Waals surface area contributed by atoms with Gasteiger partial charge in [0.05, 0.1) is 12.4 Å². The van der Waals surface area contributed by atoms with Gasteiger partial charge in [0.15, 0.2) is 0 Å². The third-order valence-corrected chi connectivity index (χ3v) is 3.19. The van der Waals surface area contributed by atoms with Crippen molar-refractivity contribution >= 4 is 9.84 Å². The maximum atomic E-state index is 11.0. The van der Waals surface area contributed by atoms with Gasteiger partial charge in [0.25, 0.3) is 0 Å². The van der Waals surface area contributed by atoms with Gasteiger partial charge in [0, 0.05) is 24.8 Å². The Hall–Kier alpha value is -0.170. The van der Waals surface area contributed by atoms with Crippen molar-refractivity contribution in [2.24, 2.45) is 11.8 Å². The lowest BCUT2D eigenvalue weighted by Gasteiger charge is -2.19. The highest BCUT2D eigenvalue weighted by molar-refractivity contribution is 7.90. The highest BCUT2D eigenvalue weighted by atomic mass is 32.2. The summed E-state index contributed by atoms with van der Waals surface area (Å²) in [7, 11) is -2.97. The first-order chi connectivity index (χ1) is 6.03. The predicted octanol–water partition coefficient (Wildman–Crippen LogP) is -1.10. The Morgan fingerprint density at radius 3 is 2.77 bits per heavy atom. The standard InChI is InChI=1S/C7H16N2O3S/c1-13(10,11)5-7(9-8)6-2-3-12-4-6/h6-7,9H,2-5,8H2,1H3. The van der Waals surface area contributed by atoms with Crippen LogP contribution in [0.15, 0.2) is 0 Å². The Balaban J connectivity index is 2.51. The number of rotatable bonds is 4. The zero-order valence-electron chi connectivity index (χ0n) is 7.69. The summed E-state index contributed by atoms with van der Waals surface area (Å²) in [4.78, 5) is 0. The maximum Gasteiger partial charge on any atom is 0.149 e. The molecule has 0 amide bonds. The minimum absolute atomic E-state index is 0.0809. The number of sulfone groups is 1. The van der Waals surface area contributed by atoms with E-state index in [9.17, 15) is 8.42 Å². The molecule has 5 nitrogen and oxygen atoms in total. The number of hydrogen-bond acceptors (Lipinski definition) is 5. The molecule has 0 aromatic heterocycles. The number of ether oxygens (including phenoxy) is 1. The molecule has 1 rings (SSSR count). The van der Waals surface area contributed by atoms with Crippen LogP contribution in [0.4, 0.5) is 0 Å². The van der Waals surface area contributed by atoms with Gasteiger partial charge in [-0.1, -0.05) is 0 Å². The van der Waals surface area contributed by atoms with Gasteiger partial charge in [-0.25, -0.2) is 8.42 Å². The van der Waals surface area contributed by atoms with E-state index in [-0.39, 0.29) is 17.7 Å². The maximum absolute atomic E-state index is 11.0. The molecule has 1 fully saturated rings. The van der Waals surface area contributed by atoms with E-state index in [1.165, 1.54) is 6.26 Å². The molecule has 6 heteroatoms. The molecule has 2 atom stereocenters. The number of nitrogens with one attached hydrogen (secondary N) is 1. The van der Waals surface area contributed by atoms with Crippen LogP contribution in [0.25, 0.3) is 0 Å². The summed E-state index contributed by atoms with van der Waals surface area (Å²) < 4.78 is 27.2. The van der Waals surface area contributed by atoms with Gasteiger partial charge in [0.2, 0.25) is 0 Å². The largest absolute Gasteiger partial charge is 0.381 e. The molecule has 78 valence electrons. The van der Waals surface area contributed by atoms with Crippen molar-refractivity contribution in [1.82, 2.24) is 5.43 Å². The van der Waals surface area contributed by atoms with E-state index in [1.54, 1.807) is 0 Å². The van der Waals surface area contributed by atoms with Gasteiger partial charge in [-0.3, -0.25) is 11.3 Å². The summed E-state index contributed by atoms with van der Waals surface area (Å²) in [6, 6.07) is -0.183. The second-order valence-corrected chi connectivity index (χ2v) is 5.67. The van der Waals surface area contributed by atoms with E-state index in [2.05, 4.69) is 5.43 Å². The molecular formula is C7H16N2O3S. The molecule has 1 heterocycles. The van der Waals surface area contributed by atoms with Crippen molar-refractivity contribution in [3.63, 3.8) is 0 Å². The van der Waals surface area contributed by atoms with Gasteiger partial charge < -0.3 is 4.74 Å². The van der Waals surface area contributed by atoms with E-state index in [0.717, 1.165) is 6.42 Å². The Kier molecular flexibility index (Phi) is 3.66. The van der Waals surface area contributed by atoms with Crippen molar-refractivity contribution in [2.45, 2.75) is 12.5 Å². The quantitative estimate of drug-likeness (QED) is 0.453. The molecule has 0 spiro atoms. The van der Waals surface area contributed by atoms with Crippen molar-refractivity contribution in [2.75, 3.05) is 25.2 Å². The number of hydrazine groups is 1. The second-order valence-electron chi connectivity index (χ2n) is 3.49. The summed E-state index contributed by atoms with van der Waals surface area (Å²) >= 11 is 0. The number of hydrogen-bond donors (Lipinski definition) is 2. The highest BCUT2D eigenvalue weighted by Gasteiger charge is 2.27. The Bertz CT molecular complexity index is 246. The minimum atomic E-state index is -2.97. The van der Waals surface area contributed by atoms with Crippen LogP contribution in [0.3, 0.4) is 0 Å². The fourth-order valence-corrected chi connectivity index (χ4v) is 2.54. The predicted molar refractivity (Wildman–Crippen MR) is 49.7 cm³/mol. The molecule has 1 aliphatic heterocycles. The Morgan fingerprint density at radius 1 is 1.69 bits per heavy atom. The first-order valence-electron chi connectivity index (χ1n) is 4.24. The number of nitrogens with two attached hydrogens (primary N) is 1. The molecule has 0 radical (unpaired) electrons. The van der Waals surface area contributed by atoms with Crippen LogP contribution < -0.4 is 11.3 Å². The van der Waals surface area contributed by atoms with Crippen LogP contribution >= 0.6 is 0 Å². The minimum Gasteiger partial charge on any atom is -0.381 e. The van der Waals surface area contributed by atoms with E-state index in [1.807, 2.05) is 0 Å². The highest BCUT2D eigenvalue weighted by Crippen LogP contribution is 2.17. The van der Waals surface area contributed by atoms with Crippen LogP contribution in [0.5, 0.6) is 0 Å². The van der Waals surface area contributed by atoms with Gasteiger partial charge in [-0.05, 0) is 6.42 Å². The molecule has 13 heavy (non-hydrogen) atoms. The van der Waals surface area contributed by atoms with Gasteiger partial charge in [-0.2, -0.15) is 0 Å². The zero-order valence-corrected chi connectivity index (χ0v) is 8.51. The van der Waals surface area contributed by atoms with E-state index < -0.39 is 9.84 Å². The summed E-state index contributed by atoms with van der Waals surface area (Å²) in [5.41, 5.74) is 2.54. The van der Waals surface area contributed by atoms with E-state index in [4.69, 9.17) is 10.6 Å². The molecule has 1 aliphatic rings. The van der Waals surface area contributed by atoms with Crippen molar-refractivity contribution in [3.05, 3.63) is 0 Å². The Morgan fingerprint density at radius 2 is 2.38 bits per heavy atom. The summed E-state index contributed by atoms with van der Waals surface area (Å²) in [6.45, 7) is 1.30. The topological polar surface area (TPSA) is 81.4 Å². The first kappa shape index (κ1) is 10.9. The zero-order chi connectivity index (χ0) is 9.90. The van der Waals surface area contributed by atoms with Crippen LogP contribution in [0, 0.1) is 5.92 Å². The molecule has 0 aromatic carbocycles. The first-order valence-corrected chi connectivity index (χ1v) is 6.30. The lowest BCUT2D eigenvalue weighted by Crippen LogP contribution is -2.45. The third-order valence-electron chi connectivity index (χ3n) is 2.23. The smallest absolute Gasteiger partial charge is 0.149 e. The van der Waals surface area contributed by atoms with Crippen LogP contribution in [0.2, 0.25) is 0 Å². The monoisotopic (exact) mass is 208 g/mol. The normalized spacial score (nSPS) is 26.2. The SMILES string of the molecule is CS(=O)(=O)CC(NN)C1CCOC1. The molecule has 0 aliphatic carbocycles. The van der Waals surface area contributed by atoms with Crippen molar-refractivity contribution in [1.29, 1.82) is 0 Å². The molecule has 0 bridgehead atoms. The van der Waals surface area contributed by atoms with Gasteiger partial charge >= 0.3 is 0 Å². The lowest BCUT2D eigenvalue weighted by atomic mass is 10.0. The van der Waals surface area contributed by atoms with Crippen LogP contribution in [0.1, 0.15) is 6.42 Å². The average molecular weight is 208 g/mol. The van der Waals surface area contributed by atoms with Crippen molar-refractivity contribution in [3.8, 4) is 0 Å². The molecule has 0 aromatic rings. The molecule has 0 saturated carbocycles. The third kappa shape index (κ3) is 3.60. The average Bonchev–Trinajstić information content (AvgIpc) is 2.50. The van der Waals surface area contributed by atoms with Crippen LogP contribution in [-0.4, -0.2) is 39.7 Å². The molecule has 2 unspecified atom stereocenters. The Labute approximate surface area is 78.5 Å². The summed E-state index contributed by atoms with van der Waals surface area (Å²) in [6.07, 6.45) is 2.09. The lowest BCUT2D eigenvalue weighted by molar-refractivity contribution is 0.179. The summed E-state index contributed by atoms with van der Waals surface area (Å²) in [5, 5.41) is 0. The molecular weight excluding hydrogens is 192 g/mol. The van der Waals surface area contributed by atoms with Crippen LogP contribution in [-0.2, 0) is 14.6 Å². The van der Waals surface area contributed by atoms with Gasteiger partial charge in [0.1, 0.15) is 9.84 Å². The molecule has 1 saturated heterocycles. The summed E-state index contributed by atoms with van der Waals surface area (Å²) in [5.74, 6) is 5.59. The van der Waals surface area contributed by atoms with E-state index >= 15 is 0 Å².